The van der Waals surface area contributed by atoms with Gasteiger partial charge in [0.05, 0.1) is 4.91 Å². The number of nitrogens with zero attached hydrogens (tertiary/aromatic N) is 1. The second kappa shape index (κ2) is 8.05. The number of imide groups is 1. The number of carbonyl (C=O) groups excluding carboxylic acids is 3. The Morgan fingerprint density at radius 3 is 2.63 bits per heavy atom. The molecule has 3 amide bonds. The first-order valence-electron chi connectivity index (χ1n) is 8.02. The maximum atomic E-state index is 12.9. The van der Waals surface area contributed by atoms with Gasteiger partial charge in [0.1, 0.15) is 11.6 Å². The van der Waals surface area contributed by atoms with E-state index in [9.17, 15) is 23.9 Å². The highest BCUT2D eigenvalue weighted by Crippen LogP contribution is 2.32. The minimum absolute atomic E-state index is 0.0182. The first-order valence-corrected chi connectivity index (χ1v) is 8.84. The standard InChI is InChI=1S/C19H15FN2O4S/c20-13-6-4-12(5-7-13)10-16-18(25)22(19(26)27-16)9-8-17(24)21-14-2-1-3-15(23)11-14/h1-7,10-11,23H,8-9H2,(H,21,24). The van der Waals surface area contributed by atoms with Gasteiger partial charge in [0.25, 0.3) is 11.1 Å². The quantitative estimate of drug-likeness (QED) is 0.767. The number of hydrogen-bond acceptors (Lipinski definition) is 5. The van der Waals surface area contributed by atoms with Crippen molar-refractivity contribution in [3.05, 3.63) is 64.8 Å². The summed E-state index contributed by atoms with van der Waals surface area (Å²) in [4.78, 5) is 37.7. The number of phenols is 1. The molecule has 0 aliphatic carbocycles. The van der Waals surface area contributed by atoms with E-state index in [2.05, 4.69) is 5.32 Å². The van der Waals surface area contributed by atoms with E-state index in [0.29, 0.717) is 11.3 Å². The topological polar surface area (TPSA) is 86.7 Å². The maximum absolute atomic E-state index is 12.9. The summed E-state index contributed by atoms with van der Waals surface area (Å²) in [6.45, 7) is -0.0595. The fourth-order valence-electron chi connectivity index (χ4n) is 2.42. The summed E-state index contributed by atoms with van der Waals surface area (Å²) in [6.07, 6.45) is 1.44. The number of rotatable bonds is 5. The molecule has 27 heavy (non-hydrogen) atoms. The zero-order chi connectivity index (χ0) is 19.4. The lowest BCUT2D eigenvalue weighted by atomic mass is 10.2. The van der Waals surface area contributed by atoms with Crippen LogP contribution in [0.1, 0.15) is 12.0 Å². The van der Waals surface area contributed by atoms with Crippen molar-refractivity contribution in [1.82, 2.24) is 4.90 Å². The van der Waals surface area contributed by atoms with Crippen LogP contribution in [0.3, 0.4) is 0 Å². The van der Waals surface area contributed by atoms with Gasteiger partial charge in [-0.1, -0.05) is 18.2 Å². The van der Waals surface area contributed by atoms with E-state index in [1.165, 1.54) is 42.5 Å². The van der Waals surface area contributed by atoms with Crippen LogP contribution in [0.25, 0.3) is 6.08 Å². The monoisotopic (exact) mass is 386 g/mol. The van der Waals surface area contributed by atoms with Crippen LogP contribution in [-0.4, -0.2) is 33.6 Å². The molecule has 1 heterocycles. The van der Waals surface area contributed by atoms with Crippen molar-refractivity contribution in [2.45, 2.75) is 6.42 Å². The molecule has 0 unspecified atom stereocenters. The van der Waals surface area contributed by atoms with Gasteiger partial charge in [-0.15, -0.1) is 0 Å². The van der Waals surface area contributed by atoms with Crippen molar-refractivity contribution in [1.29, 1.82) is 0 Å². The Kier molecular flexibility index (Phi) is 5.56. The Hall–Kier alpha value is -3.13. The van der Waals surface area contributed by atoms with Gasteiger partial charge in [-0.2, -0.15) is 0 Å². The lowest BCUT2D eigenvalue weighted by Crippen LogP contribution is -2.31. The lowest BCUT2D eigenvalue weighted by molar-refractivity contribution is -0.123. The number of amides is 3. The van der Waals surface area contributed by atoms with Crippen molar-refractivity contribution in [2.75, 3.05) is 11.9 Å². The van der Waals surface area contributed by atoms with E-state index in [1.54, 1.807) is 12.1 Å². The normalized spacial score (nSPS) is 15.4. The molecular formula is C19H15FN2O4S. The first-order chi connectivity index (χ1) is 12.9. The number of carbonyl (C=O) groups is 3. The molecule has 0 bridgehead atoms. The van der Waals surface area contributed by atoms with Gasteiger partial charge in [0.2, 0.25) is 5.91 Å². The van der Waals surface area contributed by atoms with Crippen LogP contribution in [0.2, 0.25) is 0 Å². The van der Waals surface area contributed by atoms with Crippen LogP contribution >= 0.6 is 11.8 Å². The number of halogens is 1. The van der Waals surface area contributed by atoms with Gasteiger partial charge in [-0.05, 0) is 47.7 Å². The summed E-state index contributed by atoms with van der Waals surface area (Å²) >= 11 is 0.778. The van der Waals surface area contributed by atoms with Crippen molar-refractivity contribution in [2.24, 2.45) is 0 Å². The molecule has 138 valence electrons. The van der Waals surface area contributed by atoms with Crippen LogP contribution in [0.15, 0.2) is 53.4 Å². The van der Waals surface area contributed by atoms with Crippen LogP contribution in [-0.2, 0) is 9.59 Å². The minimum atomic E-state index is -0.487. The van der Waals surface area contributed by atoms with E-state index in [4.69, 9.17) is 0 Å². The van der Waals surface area contributed by atoms with Crippen LogP contribution < -0.4 is 5.32 Å². The Balaban J connectivity index is 1.60. The smallest absolute Gasteiger partial charge is 0.293 e. The van der Waals surface area contributed by atoms with E-state index < -0.39 is 17.0 Å². The van der Waals surface area contributed by atoms with E-state index in [0.717, 1.165) is 16.7 Å². The number of phenolic OH excluding ortho intramolecular Hbond substituents is 1. The third kappa shape index (κ3) is 4.73. The first kappa shape index (κ1) is 18.7. The Labute approximate surface area is 158 Å². The van der Waals surface area contributed by atoms with Gasteiger partial charge in [-0.25, -0.2) is 4.39 Å². The number of anilines is 1. The molecule has 1 aliphatic heterocycles. The molecular weight excluding hydrogens is 371 g/mol. The molecule has 0 atom stereocenters. The fourth-order valence-corrected chi connectivity index (χ4v) is 3.29. The van der Waals surface area contributed by atoms with Crippen molar-refractivity contribution >= 4 is 40.6 Å². The largest absolute Gasteiger partial charge is 0.508 e. The van der Waals surface area contributed by atoms with E-state index >= 15 is 0 Å². The number of benzene rings is 2. The average molecular weight is 386 g/mol. The van der Waals surface area contributed by atoms with Crippen molar-refractivity contribution in [3.8, 4) is 5.75 Å². The third-order valence-corrected chi connectivity index (χ3v) is 4.64. The maximum Gasteiger partial charge on any atom is 0.293 e. The Morgan fingerprint density at radius 1 is 1.19 bits per heavy atom. The molecule has 0 radical (unpaired) electrons. The summed E-state index contributed by atoms with van der Waals surface area (Å²) in [6, 6.07) is 11.6. The number of hydrogen-bond donors (Lipinski definition) is 2. The second-order valence-corrected chi connectivity index (χ2v) is 6.73. The fraction of sp³-hybridized carbons (Fsp3) is 0.105. The third-order valence-electron chi connectivity index (χ3n) is 3.73. The lowest BCUT2D eigenvalue weighted by Gasteiger charge is -2.12. The van der Waals surface area contributed by atoms with Gasteiger partial charge >= 0.3 is 0 Å². The highest BCUT2D eigenvalue weighted by molar-refractivity contribution is 8.18. The SMILES string of the molecule is O=C(CCN1C(=O)SC(=Cc2ccc(F)cc2)C1=O)Nc1cccc(O)c1. The van der Waals surface area contributed by atoms with Gasteiger partial charge < -0.3 is 10.4 Å². The van der Waals surface area contributed by atoms with Gasteiger partial charge in [0, 0.05) is 24.7 Å². The summed E-state index contributed by atoms with van der Waals surface area (Å²) in [7, 11) is 0. The molecule has 3 rings (SSSR count). The molecule has 0 spiro atoms. The van der Waals surface area contributed by atoms with E-state index in [-0.39, 0.29) is 29.5 Å². The van der Waals surface area contributed by atoms with Crippen LogP contribution in [0.4, 0.5) is 14.9 Å². The van der Waals surface area contributed by atoms with Crippen LogP contribution in [0, 0.1) is 5.82 Å². The predicted octanol–water partition coefficient (Wildman–Crippen LogP) is 3.60. The molecule has 1 saturated heterocycles. The molecule has 2 aromatic carbocycles. The van der Waals surface area contributed by atoms with E-state index in [1.807, 2.05) is 0 Å². The molecule has 2 aromatic rings. The molecule has 6 nitrogen and oxygen atoms in total. The Morgan fingerprint density at radius 2 is 1.93 bits per heavy atom. The highest BCUT2D eigenvalue weighted by Gasteiger charge is 2.35. The molecule has 2 N–H and O–H groups in total. The predicted molar refractivity (Wildman–Crippen MR) is 100 cm³/mol. The van der Waals surface area contributed by atoms with Crippen LogP contribution in [0.5, 0.6) is 5.75 Å². The van der Waals surface area contributed by atoms with Crippen molar-refractivity contribution in [3.63, 3.8) is 0 Å². The second-order valence-electron chi connectivity index (χ2n) is 5.73. The molecule has 0 saturated carbocycles. The number of thioether (sulfide) groups is 1. The van der Waals surface area contributed by atoms with Gasteiger partial charge in [-0.3, -0.25) is 19.3 Å². The number of nitrogens with one attached hydrogen (secondary N) is 1. The zero-order valence-electron chi connectivity index (χ0n) is 14.0. The zero-order valence-corrected chi connectivity index (χ0v) is 14.8. The summed E-state index contributed by atoms with van der Waals surface area (Å²) < 4.78 is 12.9. The summed E-state index contributed by atoms with van der Waals surface area (Å²) in [5.74, 6) is -1.25. The summed E-state index contributed by atoms with van der Waals surface area (Å²) in [5, 5.41) is 11.5. The molecule has 1 fully saturated rings. The number of aromatic hydroxyl groups is 1. The minimum Gasteiger partial charge on any atom is -0.508 e. The summed E-state index contributed by atoms with van der Waals surface area (Å²) in [5.41, 5.74) is 1.02. The molecule has 0 aromatic heterocycles. The highest BCUT2D eigenvalue weighted by atomic mass is 32.2. The van der Waals surface area contributed by atoms with Gasteiger partial charge in [0.15, 0.2) is 0 Å². The molecule has 1 aliphatic rings. The Bertz CT molecular complexity index is 928. The van der Waals surface area contributed by atoms with Crippen molar-refractivity contribution < 1.29 is 23.9 Å². The average Bonchev–Trinajstić information content (AvgIpc) is 2.88. The molecule has 8 heteroatoms.